The van der Waals surface area contributed by atoms with Crippen LogP contribution in [0.15, 0.2) is 0 Å². The van der Waals surface area contributed by atoms with Crippen molar-refractivity contribution in [2.45, 2.75) is 13.1 Å². The Kier molecular flexibility index (Phi) is 3.27. The highest BCUT2D eigenvalue weighted by atomic mass is 28.4. The molecule has 8 heavy (non-hydrogen) atoms. The van der Waals surface area contributed by atoms with Crippen molar-refractivity contribution in [3.8, 4) is 0 Å². The van der Waals surface area contributed by atoms with E-state index in [0.29, 0.717) is 0 Å². The fraction of sp³-hybridized carbons (Fsp3) is 1.00. The third kappa shape index (κ3) is 3.18. The van der Waals surface area contributed by atoms with E-state index in [1.807, 2.05) is 7.05 Å². The molecule has 0 saturated carbocycles. The second-order valence-electron chi connectivity index (χ2n) is 2.49. The van der Waals surface area contributed by atoms with Gasteiger partial charge in [-0.25, -0.2) is 0 Å². The second-order valence-corrected chi connectivity index (χ2v) is 6.78. The number of hydrogen-bond acceptors (Lipinski definition) is 2. The van der Waals surface area contributed by atoms with E-state index in [1.54, 1.807) is 7.11 Å². The Balaban J connectivity index is 3.37. The lowest BCUT2D eigenvalue weighted by atomic mass is 11.2. The summed E-state index contributed by atoms with van der Waals surface area (Å²) in [6.07, 6.45) is 1.03. The van der Waals surface area contributed by atoms with E-state index in [-0.39, 0.29) is 0 Å². The zero-order chi connectivity index (χ0) is 6.62. The van der Waals surface area contributed by atoms with Crippen molar-refractivity contribution >= 4 is 8.32 Å². The predicted octanol–water partition coefficient (Wildman–Crippen LogP) is 0.596. The van der Waals surface area contributed by atoms with E-state index in [4.69, 9.17) is 4.43 Å². The maximum absolute atomic E-state index is 5.25. The van der Waals surface area contributed by atoms with Crippen molar-refractivity contribution in [3.63, 3.8) is 0 Å². The molecule has 0 rings (SSSR count). The quantitative estimate of drug-likeness (QED) is 0.569. The molecule has 0 saturated heterocycles. The van der Waals surface area contributed by atoms with Crippen molar-refractivity contribution in [1.29, 1.82) is 0 Å². The molecule has 2 nitrogen and oxygen atoms in total. The molecule has 0 bridgehead atoms. The molecule has 50 valence electrons. The summed E-state index contributed by atoms with van der Waals surface area (Å²) in [5.41, 5.74) is 0. The lowest BCUT2D eigenvalue weighted by Crippen LogP contribution is -2.40. The highest BCUT2D eigenvalue weighted by Gasteiger charge is 2.17. The van der Waals surface area contributed by atoms with Gasteiger partial charge >= 0.3 is 0 Å². The van der Waals surface area contributed by atoms with Crippen LogP contribution >= 0.6 is 0 Å². The Labute approximate surface area is 52.4 Å². The summed E-state index contributed by atoms with van der Waals surface area (Å²) in [5, 5.41) is 3.10. The van der Waals surface area contributed by atoms with Crippen LogP contribution in [0, 0.1) is 0 Å². The molecular weight excluding hydrogens is 118 g/mol. The van der Waals surface area contributed by atoms with Gasteiger partial charge in [0, 0.05) is 13.3 Å². The van der Waals surface area contributed by atoms with Crippen LogP contribution in [0.4, 0.5) is 0 Å². The molecule has 0 fully saturated rings. The Morgan fingerprint density at radius 1 is 1.50 bits per heavy atom. The monoisotopic (exact) mass is 133 g/mol. The molecule has 1 N–H and O–H groups in total. The van der Waals surface area contributed by atoms with Crippen LogP contribution in [0.5, 0.6) is 0 Å². The number of rotatable bonds is 3. The van der Waals surface area contributed by atoms with Crippen molar-refractivity contribution in [2.75, 3.05) is 20.3 Å². The summed E-state index contributed by atoms with van der Waals surface area (Å²) in [7, 11) is 2.45. The van der Waals surface area contributed by atoms with Gasteiger partial charge in [-0.2, -0.15) is 0 Å². The zero-order valence-electron chi connectivity index (χ0n) is 6.12. The predicted molar refractivity (Wildman–Crippen MR) is 38.4 cm³/mol. The maximum atomic E-state index is 5.25. The minimum Gasteiger partial charge on any atom is -0.419 e. The fourth-order valence-electron chi connectivity index (χ4n) is 0.498. The lowest BCUT2D eigenvalue weighted by Gasteiger charge is -2.18. The van der Waals surface area contributed by atoms with Gasteiger partial charge in [0.25, 0.3) is 0 Å². The third-order valence-electron chi connectivity index (χ3n) is 1.16. The molecule has 0 radical (unpaired) electrons. The van der Waals surface area contributed by atoms with Gasteiger partial charge < -0.3 is 9.74 Å². The van der Waals surface area contributed by atoms with Crippen molar-refractivity contribution in [1.82, 2.24) is 5.32 Å². The van der Waals surface area contributed by atoms with Crippen molar-refractivity contribution < 1.29 is 4.43 Å². The Morgan fingerprint density at radius 2 is 2.00 bits per heavy atom. The summed E-state index contributed by atoms with van der Waals surface area (Å²) in [5.74, 6) is 0. The van der Waals surface area contributed by atoms with Gasteiger partial charge in [0.05, 0.1) is 0 Å². The van der Waals surface area contributed by atoms with E-state index in [2.05, 4.69) is 18.4 Å². The molecule has 0 aromatic rings. The molecule has 0 aliphatic heterocycles. The van der Waals surface area contributed by atoms with Crippen LogP contribution < -0.4 is 5.32 Å². The average molecular weight is 133 g/mol. The van der Waals surface area contributed by atoms with Crippen LogP contribution in [-0.4, -0.2) is 28.6 Å². The first-order valence-corrected chi connectivity index (χ1v) is 5.93. The third-order valence-corrected chi connectivity index (χ3v) is 3.47. The van der Waals surface area contributed by atoms with Crippen LogP contribution in [-0.2, 0) is 4.43 Å². The van der Waals surface area contributed by atoms with E-state index in [9.17, 15) is 0 Å². The molecule has 0 amide bonds. The van der Waals surface area contributed by atoms with Gasteiger partial charge in [-0.15, -0.1) is 0 Å². The highest BCUT2D eigenvalue weighted by Crippen LogP contribution is 1.97. The van der Waals surface area contributed by atoms with Gasteiger partial charge in [0.2, 0.25) is 0 Å². The van der Waals surface area contributed by atoms with E-state index in [1.165, 1.54) is 0 Å². The molecule has 0 aromatic heterocycles. The van der Waals surface area contributed by atoms with Crippen molar-refractivity contribution in [2.24, 2.45) is 0 Å². The number of hydrogen-bond donors (Lipinski definition) is 1. The molecule has 0 atom stereocenters. The maximum Gasteiger partial charge on any atom is 0.199 e. The molecule has 3 heteroatoms. The largest absolute Gasteiger partial charge is 0.419 e. The van der Waals surface area contributed by atoms with Crippen molar-refractivity contribution in [3.05, 3.63) is 0 Å². The summed E-state index contributed by atoms with van der Waals surface area (Å²) >= 11 is 0. The van der Waals surface area contributed by atoms with E-state index < -0.39 is 8.32 Å². The Hall–Kier alpha value is 0.137. The van der Waals surface area contributed by atoms with Crippen LogP contribution in [0.3, 0.4) is 0 Å². The standard InChI is InChI=1S/C5H15NOSi/c1-6-5-8(3,4)7-2/h6H,5H2,1-4H3. The minimum absolute atomic E-state index is 1.03. The lowest BCUT2D eigenvalue weighted by molar-refractivity contribution is 0.401. The molecular formula is C5H15NOSi. The molecule has 0 aliphatic rings. The van der Waals surface area contributed by atoms with E-state index in [0.717, 1.165) is 6.17 Å². The summed E-state index contributed by atoms with van der Waals surface area (Å²) in [4.78, 5) is 0. The summed E-state index contributed by atoms with van der Waals surface area (Å²) in [6, 6.07) is 0. The molecule has 0 aromatic carbocycles. The van der Waals surface area contributed by atoms with Crippen LogP contribution in [0.1, 0.15) is 0 Å². The van der Waals surface area contributed by atoms with Gasteiger partial charge in [-0.1, -0.05) is 0 Å². The first kappa shape index (κ1) is 8.14. The molecule has 0 heterocycles. The summed E-state index contributed by atoms with van der Waals surface area (Å²) < 4.78 is 5.25. The minimum atomic E-state index is -1.29. The molecule has 0 unspecified atom stereocenters. The topological polar surface area (TPSA) is 21.3 Å². The van der Waals surface area contributed by atoms with Gasteiger partial charge in [-0.3, -0.25) is 0 Å². The summed E-state index contributed by atoms with van der Waals surface area (Å²) in [6.45, 7) is 4.37. The van der Waals surface area contributed by atoms with Gasteiger partial charge in [-0.05, 0) is 20.1 Å². The molecule has 0 aliphatic carbocycles. The smallest absolute Gasteiger partial charge is 0.199 e. The first-order valence-electron chi connectivity index (χ1n) is 2.82. The second kappa shape index (κ2) is 3.22. The zero-order valence-corrected chi connectivity index (χ0v) is 7.12. The Bertz CT molecular complexity index is 65.4. The average Bonchev–Trinajstić information content (AvgIpc) is 1.67. The van der Waals surface area contributed by atoms with Gasteiger partial charge in [0.15, 0.2) is 8.32 Å². The number of nitrogens with one attached hydrogen (secondary N) is 1. The normalized spacial score (nSPS) is 12.0. The SMILES string of the molecule is CNC[Si](C)(C)OC. The highest BCUT2D eigenvalue weighted by molar-refractivity contribution is 6.71. The Morgan fingerprint density at radius 3 is 2.12 bits per heavy atom. The molecule has 0 spiro atoms. The van der Waals surface area contributed by atoms with Crippen LogP contribution in [0.2, 0.25) is 13.1 Å². The van der Waals surface area contributed by atoms with E-state index >= 15 is 0 Å². The van der Waals surface area contributed by atoms with Gasteiger partial charge in [0.1, 0.15) is 0 Å². The fourth-order valence-corrected chi connectivity index (χ4v) is 1.49. The first-order chi connectivity index (χ1) is 3.62. The van der Waals surface area contributed by atoms with Crippen LogP contribution in [0.25, 0.3) is 0 Å².